The molecule has 176 valence electrons. The Labute approximate surface area is 195 Å². The Hall–Kier alpha value is -3.06. The summed E-state index contributed by atoms with van der Waals surface area (Å²) in [5.41, 5.74) is 3.77. The van der Waals surface area contributed by atoms with Gasteiger partial charge in [0.15, 0.2) is 0 Å². The van der Waals surface area contributed by atoms with Crippen molar-refractivity contribution in [3.05, 3.63) is 53.6 Å². The van der Waals surface area contributed by atoms with Crippen LogP contribution in [0.4, 0.5) is 4.79 Å². The lowest BCUT2D eigenvalue weighted by molar-refractivity contribution is -0.148. The van der Waals surface area contributed by atoms with Gasteiger partial charge >= 0.3 is 6.09 Å². The minimum Gasteiger partial charge on any atom is -0.464 e. The van der Waals surface area contributed by atoms with Crippen molar-refractivity contribution in [3.8, 4) is 16.9 Å². The van der Waals surface area contributed by atoms with Crippen LogP contribution < -0.4 is 10.1 Å². The van der Waals surface area contributed by atoms with Gasteiger partial charge in [-0.2, -0.15) is 0 Å². The average molecular weight is 453 g/mol. The van der Waals surface area contributed by atoms with Gasteiger partial charge in [0.1, 0.15) is 5.75 Å². The van der Waals surface area contributed by atoms with E-state index in [4.69, 9.17) is 14.2 Å². The van der Waals surface area contributed by atoms with Gasteiger partial charge in [0.05, 0.1) is 13.2 Å². The van der Waals surface area contributed by atoms with Crippen molar-refractivity contribution in [1.82, 2.24) is 10.2 Å². The van der Waals surface area contributed by atoms with Gasteiger partial charge in [0, 0.05) is 36.7 Å². The van der Waals surface area contributed by atoms with Crippen molar-refractivity contribution in [3.63, 3.8) is 0 Å². The number of piperidine rings is 1. The molecular weight excluding hydrogens is 420 g/mol. The Morgan fingerprint density at radius 3 is 2.48 bits per heavy atom. The number of hydrogen-bond donors (Lipinski definition) is 1. The number of nitrogens with zero attached hydrogens (tertiary/aromatic N) is 1. The number of benzene rings is 2. The predicted octanol–water partition coefficient (Wildman–Crippen LogP) is 4.60. The topological polar surface area (TPSA) is 77.1 Å². The number of ether oxygens (including phenoxy) is 3. The van der Waals surface area contributed by atoms with E-state index in [9.17, 15) is 9.59 Å². The van der Waals surface area contributed by atoms with E-state index in [0.29, 0.717) is 38.4 Å². The molecule has 0 aliphatic carbocycles. The molecule has 33 heavy (non-hydrogen) atoms. The van der Waals surface area contributed by atoms with Gasteiger partial charge in [-0.15, -0.1) is 0 Å². The first-order valence-corrected chi connectivity index (χ1v) is 11.8. The number of carbonyl (C=O) groups is 2. The van der Waals surface area contributed by atoms with Crippen molar-refractivity contribution in [2.24, 2.45) is 5.92 Å². The van der Waals surface area contributed by atoms with Crippen molar-refractivity contribution in [2.45, 2.75) is 46.0 Å². The molecule has 7 nitrogen and oxygen atoms in total. The number of fused-ring (bicyclic) bond motifs is 1. The molecule has 1 fully saturated rings. The summed E-state index contributed by atoms with van der Waals surface area (Å²) in [6, 6.07) is 13.8. The zero-order chi connectivity index (χ0) is 23.2. The van der Waals surface area contributed by atoms with Crippen molar-refractivity contribution < 1.29 is 23.8 Å². The molecule has 1 atom stereocenters. The van der Waals surface area contributed by atoms with Crippen LogP contribution in [0.25, 0.3) is 11.1 Å². The molecule has 0 spiro atoms. The third-order valence-electron chi connectivity index (χ3n) is 6.17. The predicted molar refractivity (Wildman–Crippen MR) is 125 cm³/mol. The summed E-state index contributed by atoms with van der Waals surface area (Å²) < 4.78 is 17.3. The maximum absolute atomic E-state index is 12.1. The molecule has 1 saturated heterocycles. The average Bonchev–Trinajstić information content (AvgIpc) is 2.87. The van der Waals surface area contributed by atoms with Crippen LogP contribution in [-0.4, -0.2) is 49.4 Å². The zero-order valence-electron chi connectivity index (χ0n) is 19.3. The lowest BCUT2D eigenvalue weighted by Gasteiger charge is -2.37. The second kappa shape index (κ2) is 10.7. The first kappa shape index (κ1) is 23.1. The molecule has 4 rings (SSSR count). The third kappa shape index (κ3) is 5.47. The highest BCUT2D eigenvalue weighted by Crippen LogP contribution is 2.35. The van der Waals surface area contributed by atoms with Crippen LogP contribution >= 0.6 is 0 Å². The minimum atomic E-state index is -0.298. The molecule has 0 bridgehead atoms. The van der Waals surface area contributed by atoms with E-state index in [1.807, 2.05) is 50.2 Å². The molecule has 2 aromatic carbocycles. The summed E-state index contributed by atoms with van der Waals surface area (Å²) in [5.74, 6) is 1.04. The second-order valence-corrected chi connectivity index (χ2v) is 8.48. The third-order valence-corrected chi connectivity index (χ3v) is 6.17. The molecular formula is C26H32N2O5. The second-order valence-electron chi connectivity index (χ2n) is 8.48. The lowest BCUT2D eigenvalue weighted by Crippen LogP contribution is -2.44. The molecule has 2 aliphatic rings. The summed E-state index contributed by atoms with van der Waals surface area (Å²) in [6.07, 6.45) is 2.03. The zero-order valence-corrected chi connectivity index (χ0v) is 19.3. The highest BCUT2D eigenvalue weighted by Gasteiger charge is 2.33. The molecule has 2 aromatic rings. The fourth-order valence-corrected chi connectivity index (χ4v) is 4.27. The van der Waals surface area contributed by atoms with Gasteiger partial charge in [-0.1, -0.05) is 25.1 Å². The number of carbonyl (C=O) groups excluding carboxylic acids is 2. The highest BCUT2D eigenvalue weighted by molar-refractivity contribution is 5.94. The van der Waals surface area contributed by atoms with Crippen LogP contribution in [0.5, 0.6) is 5.75 Å². The number of likely N-dealkylation sites (tertiary alicyclic amines) is 1. The Kier molecular flexibility index (Phi) is 7.50. The number of nitrogens with one attached hydrogen (secondary N) is 1. The minimum absolute atomic E-state index is 0.0465. The maximum Gasteiger partial charge on any atom is 0.409 e. The molecule has 0 aromatic heterocycles. The van der Waals surface area contributed by atoms with Gasteiger partial charge in [-0.3, -0.25) is 4.79 Å². The van der Waals surface area contributed by atoms with E-state index in [1.165, 1.54) is 0 Å². The molecule has 1 N–H and O–H groups in total. The summed E-state index contributed by atoms with van der Waals surface area (Å²) >= 11 is 0. The van der Waals surface area contributed by atoms with Gasteiger partial charge in [-0.05, 0) is 61.6 Å². The van der Waals surface area contributed by atoms with E-state index in [2.05, 4.69) is 11.4 Å². The highest BCUT2D eigenvalue weighted by atomic mass is 16.7. The van der Waals surface area contributed by atoms with Crippen LogP contribution in [0.2, 0.25) is 0 Å². The summed E-state index contributed by atoms with van der Waals surface area (Å²) in [6.45, 7) is 6.73. The van der Waals surface area contributed by atoms with Crippen molar-refractivity contribution in [1.29, 1.82) is 0 Å². The van der Waals surface area contributed by atoms with E-state index >= 15 is 0 Å². The van der Waals surface area contributed by atoms with Gasteiger partial charge in [0.25, 0.3) is 5.91 Å². The Morgan fingerprint density at radius 1 is 1.06 bits per heavy atom. The molecule has 0 saturated carbocycles. The Morgan fingerprint density at radius 2 is 1.79 bits per heavy atom. The summed E-state index contributed by atoms with van der Waals surface area (Å²) in [7, 11) is 0. The van der Waals surface area contributed by atoms with E-state index in [0.717, 1.165) is 41.7 Å². The Bertz CT molecular complexity index is 967. The van der Waals surface area contributed by atoms with E-state index in [-0.39, 0.29) is 24.2 Å². The summed E-state index contributed by atoms with van der Waals surface area (Å²) in [4.78, 5) is 25.8. The monoisotopic (exact) mass is 452 g/mol. The lowest BCUT2D eigenvalue weighted by atomic mass is 9.95. The molecule has 2 aliphatic heterocycles. The van der Waals surface area contributed by atoms with Gasteiger partial charge in [0.2, 0.25) is 6.29 Å². The summed E-state index contributed by atoms with van der Waals surface area (Å²) in [5, 5.41) is 2.90. The van der Waals surface area contributed by atoms with Crippen LogP contribution in [0.1, 0.15) is 49.0 Å². The van der Waals surface area contributed by atoms with Crippen LogP contribution in [-0.2, 0) is 16.1 Å². The number of rotatable bonds is 6. The number of hydrogen-bond acceptors (Lipinski definition) is 5. The van der Waals surface area contributed by atoms with Gasteiger partial charge in [-0.25, -0.2) is 4.79 Å². The van der Waals surface area contributed by atoms with Crippen molar-refractivity contribution in [2.75, 3.05) is 26.2 Å². The molecule has 2 heterocycles. The largest absolute Gasteiger partial charge is 0.464 e. The van der Waals surface area contributed by atoms with Crippen LogP contribution in [0.3, 0.4) is 0 Å². The normalized spacial score (nSPS) is 18.2. The van der Waals surface area contributed by atoms with Crippen molar-refractivity contribution >= 4 is 12.0 Å². The Balaban J connectivity index is 1.36. The van der Waals surface area contributed by atoms with E-state index in [1.54, 1.807) is 4.90 Å². The maximum atomic E-state index is 12.1. The molecule has 2 amide bonds. The first-order chi connectivity index (χ1) is 16.1. The molecule has 1 unspecified atom stereocenters. The first-order valence-electron chi connectivity index (χ1n) is 11.8. The van der Waals surface area contributed by atoms with Crippen LogP contribution in [0.15, 0.2) is 42.5 Å². The van der Waals surface area contributed by atoms with Crippen LogP contribution in [0, 0.1) is 5.92 Å². The van der Waals surface area contributed by atoms with Gasteiger partial charge < -0.3 is 24.4 Å². The number of amides is 2. The molecule has 0 radical (unpaired) electrons. The quantitative estimate of drug-likeness (QED) is 0.693. The standard InChI is InChI=1S/C26H32N2O5/c1-3-13-27-24(29)19-7-5-18(6-8-19)21-9-10-23-22(16-21)17-32-25(33-23)20-11-14-28(15-12-20)26(30)31-4-2/h5-10,16,20,25H,3-4,11-15,17H2,1-2H3,(H,27,29). The molecule has 7 heteroatoms. The smallest absolute Gasteiger partial charge is 0.409 e. The fraction of sp³-hybridized carbons (Fsp3) is 0.462. The fourth-order valence-electron chi connectivity index (χ4n) is 4.27. The SMILES string of the molecule is CCCNC(=O)c1ccc(-c2ccc3c(c2)COC(C2CCN(C(=O)OCC)CC2)O3)cc1. The van der Waals surface area contributed by atoms with E-state index < -0.39 is 0 Å².